The average Bonchev–Trinajstić information content (AvgIpc) is 3.49. The normalized spacial score (nSPS) is 22.3. The van der Waals surface area contributed by atoms with Gasteiger partial charge in [-0.15, -0.1) is 0 Å². The lowest BCUT2D eigenvalue weighted by atomic mass is 9.78. The molecule has 6 nitrogen and oxygen atoms in total. The Labute approximate surface area is 250 Å². The fourth-order valence-electron chi connectivity index (χ4n) is 6.91. The van der Waals surface area contributed by atoms with Crippen LogP contribution in [0, 0.1) is 17.8 Å². The van der Waals surface area contributed by atoms with Gasteiger partial charge in [-0.05, 0) is 68.1 Å². The van der Waals surface area contributed by atoms with Crippen LogP contribution in [0.2, 0.25) is 5.02 Å². The van der Waals surface area contributed by atoms with Crippen LogP contribution in [0.15, 0.2) is 48.5 Å². The minimum absolute atomic E-state index is 0.0107. The molecule has 3 heterocycles. The van der Waals surface area contributed by atoms with Crippen molar-refractivity contribution in [3.8, 4) is 0 Å². The summed E-state index contributed by atoms with van der Waals surface area (Å²) >= 11 is 6.59. The second-order valence-corrected chi connectivity index (χ2v) is 12.4. The summed E-state index contributed by atoms with van der Waals surface area (Å²) in [6.45, 7) is 5.72. The van der Waals surface area contributed by atoms with Gasteiger partial charge in [0.25, 0.3) is 17.4 Å². The molecule has 228 valence electrons. The van der Waals surface area contributed by atoms with Gasteiger partial charge in [0, 0.05) is 50.5 Å². The molecule has 0 aliphatic carbocycles. The Morgan fingerprint density at radius 1 is 0.881 bits per heavy atom. The summed E-state index contributed by atoms with van der Waals surface area (Å²) in [7, 11) is 0. The fourth-order valence-corrected chi connectivity index (χ4v) is 7.17. The lowest BCUT2D eigenvalue weighted by Gasteiger charge is -2.42. The molecule has 2 aromatic carbocycles. The Hall–Kier alpha value is -2.78. The zero-order valence-electron chi connectivity index (χ0n) is 24.0. The van der Waals surface area contributed by atoms with Gasteiger partial charge in [0.05, 0.1) is 10.6 Å². The first-order valence-corrected chi connectivity index (χ1v) is 15.4. The number of aliphatic hydroxyl groups is 1. The van der Waals surface area contributed by atoms with Crippen LogP contribution in [-0.2, 0) is 10.4 Å². The minimum atomic E-state index is -5.13. The number of hydrogen-bond acceptors (Lipinski definition) is 4. The highest BCUT2D eigenvalue weighted by molar-refractivity contribution is 6.34. The first-order valence-electron chi connectivity index (χ1n) is 15.0. The number of likely N-dealkylation sites (tertiary alicyclic amines) is 2. The van der Waals surface area contributed by atoms with Crippen LogP contribution in [0.3, 0.4) is 0 Å². The SMILES string of the molecule is CCC1CCN(C(=O)c2ccc(N3CCC(C4CCN(C(=O)[C@](O)(c5ccccc5)C(F)(F)F)CC4)CC3)cc2Cl)C1. The van der Waals surface area contributed by atoms with Crippen LogP contribution in [-0.4, -0.2) is 72.2 Å². The Morgan fingerprint density at radius 3 is 2.02 bits per heavy atom. The molecular weight excluding hydrogens is 567 g/mol. The average molecular weight is 606 g/mol. The van der Waals surface area contributed by atoms with E-state index in [1.54, 1.807) is 6.07 Å². The van der Waals surface area contributed by atoms with Crippen molar-refractivity contribution in [3.63, 3.8) is 0 Å². The molecule has 3 fully saturated rings. The van der Waals surface area contributed by atoms with Gasteiger partial charge in [-0.2, -0.15) is 13.2 Å². The van der Waals surface area contributed by atoms with Gasteiger partial charge in [-0.25, -0.2) is 0 Å². The quantitative estimate of drug-likeness (QED) is 0.431. The highest BCUT2D eigenvalue weighted by Crippen LogP contribution is 2.42. The zero-order valence-corrected chi connectivity index (χ0v) is 24.7. The molecule has 1 unspecified atom stereocenters. The molecule has 10 heteroatoms. The van der Waals surface area contributed by atoms with Crippen LogP contribution < -0.4 is 4.90 Å². The fraction of sp³-hybridized carbons (Fsp3) is 0.562. The largest absolute Gasteiger partial charge is 0.430 e. The highest BCUT2D eigenvalue weighted by Gasteiger charge is 2.62. The molecule has 3 aliphatic heterocycles. The number of benzene rings is 2. The van der Waals surface area contributed by atoms with Crippen molar-refractivity contribution in [1.29, 1.82) is 0 Å². The number of piperidine rings is 2. The molecule has 42 heavy (non-hydrogen) atoms. The van der Waals surface area contributed by atoms with Crippen molar-refractivity contribution in [2.45, 2.75) is 57.2 Å². The van der Waals surface area contributed by atoms with Crippen molar-refractivity contribution in [2.24, 2.45) is 17.8 Å². The third-order valence-corrected chi connectivity index (χ3v) is 9.96. The van der Waals surface area contributed by atoms with Crippen LogP contribution in [0.25, 0.3) is 0 Å². The molecule has 0 saturated carbocycles. The van der Waals surface area contributed by atoms with E-state index in [9.17, 15) is 27.9 Å². The van der Waals surface area contributed by atoms with E-state index in [1.807, 2.05) is 23.1 Å². The summed E-state index contributed by atoms with van der Waals surface area (Å²) < 4.78 is 42.0. The molecule has 3 aliphatic rings. The maximum atomic E-state index is 14.0. The number of rotatable bonds is 6. The van der Waals surface area contributed by atoms with Crippen LogP contribution in [0.4, 0.5) is 18.9 Å². The Bertz CT molecular complexity index is 1260. The smallest absolute Gasteiger partial charge is 0.371 e. The number of hydrogen-bond donors (Lipinski definition) is 1. The van der Waals surface area contributed by atoms with E-state index in [0.29, 0.717) is 41.2 Å². The van der Waals surface area contributed by atoms with E-state index in [-0.39, 0.29) is 19.0 Å². The minimum Gasteiger partial charge on any atom is -0.371 e. The first kappa shape index (κ1) is 30.7. The summed E-state index contributed by atoms with van der Waals surface area (Å²) in [6.07, 6.45) is 0.0499. The predicted octanol–water partition coefficient (Wildman–Crippen LogP) is 6.12. The van der Waals surface area contributed by atoms with E-state index in [2.05, 4.69) is 11.8 Å². The standard InChI is InChI=1S/C32H39ClF3N3O3/c1-2-22-10-15-39(21-22)29(40)27-9-8-26(20-28(27)33)37-16-11-23(12-17-37)24-13-18-38(19-14-24)30(41)31(42,32(34,35)36)25-6-4-3-5-7-25/h3-9,20,22-24,42H,2,10-19,21H2,1H3/t22?,31-/m1/s1. The summed E-state index contributed by atoms with van der Waals surface area (Å²) in [5.74, 6) is -0.0416. The highest BCUT2D eigenvalue weighted by atomic mass is 35.5. The van der Waals surface area contributed by atoms with Gasteiger partial charge >= 0.3 is 6.18 Å². The number of alkyl halides is 3. The van der Waals surface area contributed by atoms with Crippen molar-refractivity contribution in [1.82, 2.24) is 9.80 Å². The second kappa shape index (κ2) is 12.4. The van der Waals surface area contributed by atoms with Crippen LogP contribution in [0.5, 0.6) is 0 Å². The number of anilines is 1. The summed E-state index contributed by atoms with van der Waals surface area (Å²) in [5, 5.41) is 11.1. The molecule has 0 radical (unpaired) electrons. The van der Waals surface area contributed by atoms with Crippen molar-refractivity contribution in [2.75, 3.05) is 44.2 Å². The first-order chi connectivity index (χ1) is 20.0. The van der Waals surface area contributed by atoms with Crippen LogP contribution in [0.1, 0.15) is 61.4 Å². The van der Waals surface area contributed by atoms with Gasteiger partial charge < -0.3 is 19.8 Å². The lowest BCUT2D eigenvalue weighted by Crippen LogP contribution is -2.57. The summed E-state index contributed by atoms with van der Waals surface area (Å²) in [5.41, 5.74) is -2.50. The molecule has 0 aromatic heterocycles. The molecule has 1 N–H and O–H groups in total. The molecule has 0 bridgehead atoms. The topological polar surface area (TPSA) is 64.1 Å². The number of amides is 2. The zero-order chi connectivity index (χ0) is 30.1. The predicted molar refractivity (Wildman–Crippen MR) is 156 cm³/mol. The van der Waals surface area contributed by atoms with Crippen molar-refractivity contribution in [3.05, 3.63) is 64.7 Å². The molecule has 2 aromatic rings. The maximum Gasteiger partial charge on any atom is 0.430 e. The lowest BCUT2D eigenvalue weighted by molar-refractivity contribution is -0.262. The van der Waals surface area contributed by atoms with E-state index < -0.39 is 23.2 Å². The van der Waals surface area contributed by atoms with Crippen molar-refractivity contribution >= 4 is 29.1 Å². The molecule has 5 rings (SSSR count). The third kappa shape index (κ3) is 6.00. The van der Waals surface area contributed by atoms with E-state index in [0.717, 1.165) is 69.7 Å². The molecule has 3 saturated heterocycles. The second-order valence-electron chi connectivity index (χ2n) is 12.0. The van der Waals surface area contributed by atoms with E-state index in [4.69, 9.17) is 11.6 Å². The molecular formula is C32H39ClF3N3O3. The van der Waals surface area contributed by atoms with Crippen molar-refractivity contribution < 1.29 is 27.9 Å². The molecule has 0 spiro atoms. The molecule has 2 amide bonds. The van der Waals surface area contributed by atoms with Gasteiger partial charge in [0.1, 0.15) is 0 Å². The Morgan fingerprint density at radius 2 is 1.48 bits per heavy atom. The van der Waals surface area contributed by atoms with Gasteiger partial charge in [-0.3, -0.25) is 9.59 Å². The number of carbonyl (C=O) groups is 2. The Balaban J connectivity index is 1.15. The number of nitrogens with zero attached hydrogens (tertiary/aromatic N) is 3. The van der Waals surface area contributed by atoms with Gasteiger partial charge in [-0.1, -0.05) is 55.3 Å². The maximum absolute atomic E-state index is 14.0. The van der Waals surface area contributed by atoms with Gasteiger partial charge in [0.15, 0.2) is 0 Å². The van der Waals surface area contributed by atoms with E-state index in [1.165, 1.54) is 17.0 Å². The number of carbonyl (C=O) groups excluding carboxylic acids is 2. The number of halogens is 4. The molecule has 2 atom stereocenters. The third-order valence-electron chi connectivity index (χ3n) is 9.64. The summed E-state index contributed by atoms with van der Waals surface area (Å²) in [4.78, 5) is 31.4. The Kier molecular flexibility index (Phi) is 9.09. The monoisotopic (exact) mass is 605 g/mol. The van der Waals surface area contributed by atoms with E-state index >= 15 is 0 Å². The van der Waals surface area contributed by atoms with Crippen LogP contribution >= 0.6 is 11.6 Å². The summed E-state index contributed by atoms with van der Waals surface area (Å²) in [6, 6.07) is 12.3. The van der Waals surface area contributed by atoms with Gasteiger partial charge in [0.2, 0.25) is 0 Å².